The standard InChI is InChI=1S/C20H15NO5/c1-23-16-4-3-11-7-15-13-8-17(24-2)20-19(25-10-26-20)12(13)5-6-21(15)9-14(11)18(16)22/h3-9H,10H2,1-2H3/p+1. The molecule has 4 aromatic rings. The molecule has 1 N–H and O–H groups in total. The molecule has 2 aromatic heterocycles. The first kappa shape index (κ1) is 14.9. The minimum Gasteiger partial charge on any atom is -0.504 e. The molecular formula is C20H16NO5+. The van der Waals surface area contributed by atoms with Crippen LogP contribution in [0.5, 0.6) is 28.7 Å². The number of methoxy groups -OCH3 is 2. The Hall–Kier alpha value is -3.41. The van der Waals surface area contributed by atoms with Crippen LogP contribution >= 0.6 is 0 Å². The molecule has 1 aliphatic rings. The van der Waals surface area contributed by atoms with Crippen molar-refractivity contribution in [3.8, 4) is 28.7 Å². The summed E-state index contributed by atoms with van der Waals surface area (Å²) >= 11 is 0. The SMILES string of the molecule is COc1cc2c(cc[n+]3cc4c(O)c(OC)ccc4cc23)c2c1OCO2. The van der Waals surface area contributed by atoms with Gasteiger partial charge in [0.05, 0.1) is 25.0 Å². The van der Waals surface area contributed by atoms with Crippen LogP contribution in [0.25, 0.3) is 27.1 Å². The first-order valence-electron chi connectivity index (χ1n) is 8.15. The maximum Gasteiger partial charge on any atom is 0.231 e. The molecule has 2 aromatic carbocycles. The average Bonchev–Trinajstić information content (AvgIpc) is 3.16. The summed E-state index contributed by atoms with van der Waals surface area (Å²) in [6.45, 7) is 0.182. The highest BCUT2D eigenvalue weighted by atomic mass is 16.7. The number of aromatic nitrogens is 1. The minimum atomic E-state index is 0.128. The van der Waals surface area contributed by atoms with Crippen LogP contribution in [-0.2, 0) is 0 Å². The molecule has 0 spiro atoms. The maximum atomic E-state index is 10.4. The zero-order valence-electron chi connectivity index (χ0n) is 14.3. The van der Waals surface area contributed by atoms with E-state index in [0.717, 1.165) is 21.7 Å². The van der Waals surface area contributed by atoms with E-state index in [-0.39, 0.29) is 12.5 Å². The van der Waals surface area contributed by atoms with Crippen molar-refractivity contribution in [1.29, 1.82) is 0 Å². The number of pyridine rings is 2. The molecule has 6 heteroatoms. The quantitative estimate of drug-likeness (QED) is 0.342. The van der Waals surface area contributed by atoms with E-state index >= 15 is 0 Å². The van der Waals surface area contributed by atoms with E-state index in [9.17, 15) is 5.11 Å². The lowest BCUT2D eigenvalue weighted by atomic mass is 10.1. The van der Waals surface area contributed by atoms with E-state index in [4.69, 9.17) is 18.9 Å². The van der Waals surface area contributed by atoms with Gasteiger partial charge in [-0.15, -0.1) is 0 Å². The lowest BCUT2D eigenvalue weighted by molar-refractivity contribution is -0.509. The second-order valence-electron chi connectivity index (χ2n) is 6.11. The van der Waals surface area contributed by atoms with Gasteiger partial charge < -0.3 is 24.1 Å². The van der Waals surface area contributed by atoms with Crippen molar-refractivity contribution in [2.45, 2.75) is 0 Å². The number of rotatable bonds is 2. The summed E-state index contributed by atoms with van der Waals surface area (Å²) in [5.74, 6) is 2.54. The Labute approximate surface area is 148 Å². The Morgan fingerprint density at radius 3 is 2.54 bits per heavy atom. The molecular weight excluding hydrogens is 334 g/mol. The molecule has 6 nitrogen and oxygen atoms in total. The molecule has 0 bridgehead atoms. The summed E-state index contributed by atoms with van der Waals surface area (Å²) in [5, 5.41) is 14.0. The molecule has 0 aliphatic carbocycles. The number of aromatic hydroxyl groups is 1. The third kappa shape index (κ3) is 1.89. The van der Waals surface area contributed by atoms with Crippen molar-refractivity contribution in [3.05, 3.63) is 42.7 Å². The van der Waals surface area contributed by atoms with Gasteiger partial charge in [0, 0.05) is 17.5 Å². The Morgan fingerprint density at radius 2 is 1.73 bits per heavy atom. The van der Waals surface area contributed by atoms with Crippen molar-refractivity contribution >= 4 is 27.1 Å². The fourth-order valence-electron chi connectivity index (χ4n) is 3.54. The largest absolute Gasteiger partial charge is 0.504 e. The fraction of sp³-hybridized carbons (Fsp3) is 0.150. The Bertz CT molecular complexity index is 1200. The first-order chi connectivity index (χ1) is 12.7. The molecule has 0 fully saturated rings. The molecule has 5 rings (SSSR count). The van der Waals surface area contributed by atoms with Gasteiger partial charge in [-0.3, -0.25) is 0 Å². The third-order valence-corrected chi connectivity index (χ3v) is 4.82. The summed E-state index contributed by atoms with van der Waals surface area (Å²) in [6, 6.07) is 9.63. The highest BCUT2D eigenvalue weighted by Crippen LogP contribution is 2.47. The average molecular weight is 350 g/mol. The fourth-order valence-corrected chi connectivity index (χ4v) is 3.54. The molecule has 1 aliphatic heterocycles. The molecule has 0 atom stereocenters. The van der Waals surface area contributed by atoms with E-state index in [1.807, 2.05) is 41.1 Å². The Balaban J connectivity index is 1.91. The van der Waals surface area contributed by atoms with E-state index < -0.39 is 0 Å². The van der Waals surface area contributed by atoms with Gasteiger partial charge in [-0.2, -0.15) is 4.40 Å². The van der Waals surface area contributed by atoms with E-state index in [1.165, 1.54) is 7.11 Å². The van der Waals surface area contributed by atoms with E-state index in [1.54, 1.807) is 13.2 Å². The zero-order valence-corrected chi connectivity index (χ0v) is 14.3. The van der Waals surface area contributed by atoms with Crippen LogP contribution in [0.4, 0.5) is 0 Å². The molecule has 130 valence electrons. The molecule has 0 unspecified atom stereocenters. The van der Waals surface area contributed by atoms with Gasteiger partial charge in [0.1, 0.15) is 0 Å². The first-order valence-corrected chi connectivity index (χ1v) is 8.15. The topological polar surface area (TPSA) is 61.3 Å². The molecule has 0 amide bonds. The highest BCUT2D eigenvalue weighted by Gasteiger charge is 2.25. The van der Waals surface area contributed by atoms with Gasteiger partial charge in [0.25, 0.3) is 0 Å². The summed E-state index contributed by atoms with van der Waals surface area (Å²) in [4.78, 5) is 0. The lowest BCUT2D eigenvalue weighted by Crippen LogP contribution is -2.20. The van der Waals surface area contributed by atoms with Crippen molar-refractivity contribution in [2.24, 2.45) is 0 Å². The summed E-state index contributed by atoms with van der Waals surface area (Å²) in [7, 11) is 3.15. The maximum absolute atomic E-state index is 10.4. The van der Waals surface area contributed by atoms with Gasteiger partial charge in [-0.25, -0.2) is 0 Å². The number of ether oxygens (including phenoxy) is 4. The van der Waals surface area contributed by atoms with Crippen LogP contribution < -0.4 is 23.3 Å². The van der Waals surface area contributed by atoms with Crippen LogP contribution in [0.2, 0.25) is 0 Å². The number of hydrogen-bond acceptors (Lipinski definition) is 5. The molecule has 26 heavy (non-hydrogen) atoms. The van der Waals surface area contributed by atoms with Crippen molar-refractivity contribution in [3.63, 3.8) is 0 Å². The van der Waals surface area contributed by atoms with Crippen molar-refractivity contribution < 1.29 is 28.5 Å². The predicted octanol–water partition coefficient (Wildman–Crippen LogP) is 3.18. The zero-order chi connectivity index (χ0) is 17.8. The number of nitrogens with zero attached hydrogens (tertiary/aromatic N) is 1. The third-order valence-electron chi connectivity index (χ3n) is 4.82. The Morgan fingerprint density at radius 1 is 0.923 bits per heavy atom. The number of phenols is 1. The van der Waals surface area contributed by atoms with Crippen molar-refractivity contribution in [2.75, 3.05) is 21.0 Å². The molecule has 0 radical (unpaired) electrons. The Kier molecular flexibility index (Phi) is 3.03. The summed E-state index contributed by atoms with van der Waals surface area (Å²) < 4.78 is 23.9. The summed E-state index contributed by atoms with van der Waals surface area (Å²) in [5.41, 5.74) is 0.969. The van der Waals surface area contributed by atoms with Crippen LogP contribution in [0.15, 0.2) is 42.7 Å². The highest BCUT2D eigenvalue weighted by molar-refractivity contribution is 6.03. The van der Waals surface area contributed by atoms with E-state index in [0.29, 0.717) is 28.4 Å². The van der Waals surface area contributed by atoms with Gasteiger partial charge in [-0.1, -0.05) is 0 Å². The number of hydrogen-bond donors (Lipinski definition) is 1. The summed E-state index contributed by atoms with van der Waals surface area (Å²) in [6.07, 6.45) is 3.82. The second-order valence-corrected chi connectivity index (χ2v) is 6.11. The molecule has 3 heterocycles. The van der Waals surface area contributed by atoms with Crippen LogP contribution in [0, 0.1) is 0 Å². The number of phenolic OH excluding ortho intramolecular Hbond substituents is 1. The van der Waals surface area contributed by atoms with Gasteiger partial charge >= 0.3 is 0 Å². The van der Waals surface area contributed by atoms with Gasteiger partial charge in [0.2, 0.25) is 18.1 Å². The minimum absolute atomic E-state index is 0.128. The lowest BCUT2D eigenvalue weighted by Gasteiger charge is -2.09. The molecule has 0 saturated heterocycles. The smallest absolute Gasteiger partial charge is 0.231 e. The molecule has 0 saturated carbocycles. The second kappa shape index (κ2) is 5.29. The number of fused-ring (bicyclic) bond motifs is 6. The predicted molar refractivity (Wildman–Crippen MR) is 95.5 cm³/mol. The number of benzene rings is 2. The van der Waals surface area contributed by atoms with E-state index in [2.05, 4.69) is 0 Å². The van der Waals surface area contributed by atoms with Crippen molar-refractivity contribution in [1.82, 2.24) is 0 Å². The van der Waals surface area contributed by atoms with Gasteiger partial charge in [0.15, 0.2) is 35.4 Å². The normalized spacial score (nSPS) is 12.8. The monoisotopic (exact) mass is 350 g/mol. The van der Waals surface area contributed by atoms with Crippen LogP contribution in [-0.4, -0.2) is 26.1 Å². The van der Waals surface area contributed by atoms with Crippen LogP contribution in [0.3, 0.4) is 0 Å². The van der Waals surface area contributed by atoms with Gasteiger partial charge in [-0.05, 0) is 23.6 Å². The van der Waals surface area contributed by atoms with Crippen LogP contribution in [0.1, 0.15) is 0 Å².